The molecular weight excluding hydrogens is 204 g/mol. The Balaban J connectivity index is 1.99. The van der Waals surface area contributed by atoms with Crippen LogP contribution >= 0.6 is 0 Å². The summed E-state index contributed by atoms with van der Waals surface area (Å²) in [5.41, 5.74) is 6.49. The van der Waals surface area contributed by atoms with Gasteiger partial charge in [-0.1, -0.05) is 0 Å². The molecule has 3 N–H and O–H groups in total. The van der Waals surface area contributed by atoms with Crippen LogP contribution in [-0.2, 0) is 4.74 Å². The van der Waals surface area contributed by atoms with Crippen molar-refractivity contribution in [3.8, 4) is 0 Å². The summed E-state index contributed by atoms with van der Waals surface area (Å²) < 4.78 is 5.33. The minimum absolute atomic E-state index is 0.323. The van der Waals surface area contributed by atoms with Gasteiger partial charge in [0.05, 0.1) is 6.10 Å². The largest absolute Gasteiger partial charge is 0.381 e. The molecule has 5 heteroatoms. The van der Waals surface area contributed by atoms with Gasteiger partial charge < -0.3 is 15.8 Å². The maximum Gasteiger partial charge on any atom is 0.222 e. The van der Waals surface area contributed by atoms with Crippen molar-refractivity contribution in [1.82, 2.24) is 9.97 Å². The zero-order valence-electron chi connectivity index (χ0n) is 9.73. The minimum atomic E-state index is 0.323. The van der Waals surface area contributed by atoms with Crippen molar-refractivity contribution in [3.63, 3.8) is 0 Å². The van der Waals surface area contributed by atoms with E-state index in [0.29, 0.717) is 18.1 Å². The van der Waals surface area contributed by atoms with Crippen LogP contribution in [-0.4, -0.2) is 29.2 Å². The van der Waals surface area contributed by atoms with Gasteiger partial charge in [0.15, 0.2) is 0 Å². The van der Waals surface area contributed by atoms with Crippen molar-refractivity contribution >= 4 is 11.8 Å². The van der Waals surface area contributed by atoms with Crippen molar-refractivity contribution < 1.29 is 4.74 Å². The monoisotopic (exact) mass is 222 g/mol. The molecular formula is C11H18N4O. The fourth-order valence-electron chi connectivity index (χ4n) is 2.16. The molecule has 88 valence electrons. The normalized spacial score (nSPS) is 24.6. The number of nitrogen functional groups attached to an aromatic ring is 1. The molecule has 1 aromatic heterocycles. The van der Waals surface area contributed by atoms with Crippen LogP contribution in [0.5, 0.6) is 0 Å². The van der Waals surface area contributed by atoms with Crippen LogP contribution < -0.4 is 11.1 Å². The molecule has 0 saturated heterocycles. The molecule has 2 rings (SSSR count). The first-order chi connectivity index (χ1) is 7.67. The molecule has 1 aromatic rings. The van der Waals surface area contributed by atoms with E-state index in [9.17, 15) is 0 Å². The van der Waals surface area contributed by atoms with Gasteiger partial charge in [-0.05, 0) is 26.2 Å². The molecule has 0 amide bonds. The summed E-state index contributed by atoms with van der Waals surface area (Å²) in [5.74, 6) is 1.13. The van der Waals surface area contributed by atoms with Crippen LogP contribution in [0.1, 0.15) is 25.0 Å². The highest BCUT2D eigenvalue weighted by atomic mass is 16.5. The summed E-state index contributed by atoms with van der Waals surface area (Å²) in [5, 5.41) is 3.38. The Morgan fingerprint density at radius 3 is 2.88 bits per heavy atom. The number of ether oxygens (including phenoxy) is 1. The van der Waals surface area contributed by atoms with E-state index < -0.39 is 0 Å². The van der Waals surface area contributed by atoms with Crippen molar-refractivity contribution in [2.75, 3.05) is 18.2 Å². The number of hydrogen-bond acceptors (Lipinski definition) is 5. The third kappa shape index (κ3) is 2.61. The minimum Gasteiger partial charge on any atom is -0.381 e. The standard InChI is InChI=1S/C11H18N4O/c1-7-5-10(15-11(12)13-7)14-8-3-4-9(6-8)16-2/h5,8-9H,3-4,6H2,1-2H3,(H3,12,13,14,15). The van der Waals surface area contributed by atoms with E-state index >= 15 is 0 Å². The summed E-state index contributed by atoms with van der Waals surface area (Å²) in [6.45, 7) is 1.91. The lowest BCUT2D eigenvalue weighted by atomic mass is 10.2. The molecule has 0 radical (unpaired) electrons. The van der Waals surface area contributed by atoms with Gasteiger partial charge in [0, 0.05) is 24.9 Å². The van der Waals surface area contributed by atoms with Gasteiger partial charge in [-0.15, -0.1) is 0 Å². The molecule has 0 spiro atoms. The maximum absolute atomic E-state index is 5.60. The Morgan fingerprint density at radius 2 is 2.25 bits per heavy atom. The molecule has 1 heterocycles. The average molecular weight is 222 g/mol. The Labute approximate surface area is 95.4 Å². The molecule has 16 heavy (non-hydrogen) atoms. The van der Waals surface area contributed by atoms with Crippen LogP contribution in [0.2, 0.25) is 0 Å². The van der Waals surface area contributed by atoms with E-state index in [1.807, 2.05) is 13.0 Å². The molecule has 2 unspecified atom stereocenters. The Hall–Kier alpha value is -1.36. The first-order valence-corrected chi connectivity index (χ1v) is 5.58. The molecule has 5 nitrogen and oxygen atoms in total. The third-order valence-corrected chi connectivity index (χ3v) is 2.94. The molecule has 0 aromatic carbocycles. The fraction of sp³-hybridized carbons (Fsp3) is 0.636. The number of rotatable bonds is 3. The van der Waals surface area contributed by atoms with Crippen LogP contribution in [0.25, 0.3) is 0 Å². The smallest absolute Gasteiger partial charge is 0.222 e. The van der Waals surface area contributed by atoms with Gasteiger partial charge >= 0.3 is 0 Å². The number of nitrogens with two attached hydrogens (primary N) is 1. The Bertz CT molecular complexity index is 349. The zero-order valence-corrected chi connectivity index (χ0v) is 9.73. The number of hydrogen-bond donors (Lipinski definition) is 2. The van der Waals surface area contributed by atoms with Gasteiger partial charge in [0.25, 0.3) is 0 Å². The molecule has 2 atom stereocenters. The second-order valence-electron chi connectivity index (χ2n) is 4.26. The van der Waals surface area contributed by atoms with E-state index in [-0.39, 0.29) is 0 Å². The highest BCUT2D eigenvalue weighted by molar-refractivity contribution is 5.41. The molecule has 1 aliphatic rings. The number of anilines is 2. The summed E-state index contributed by atoms with van der Waals surface area (Å²) in [6, 6.07) is 2.34. The third-order valence-electron chi connectivity index (χ3n) is 2.94. The predicted molar refractivity (Wildman–Crippen MR) is 63.2 cm³/mol. The van der Waals surface area contributed by atoms with E-state index in [2.05, 4.69) is 15.3 Å². The lowest BCUT2D eigenvalue weighted by Gasteiger charge is -2.13. The highest BCUT2D eigenvalue weighted by Crippen LogP contribution is 2.24. The first-order valence-electron chi connectivity index (χ1n) is 5.58. The van der Waals surface area contributed by atoms with Gasteiger partial charge in [0.2, 0.25) is 5.95 Å². The van der Waals surface area contributed by atoms with E-state index in [0.717, 1.165) is 30.8 Å². The molecule has 1 saturated carbocycles. The van der Waals surface area contributed by atoms with Crippen LogP contribution in [0.3, 0.4) is 0 Å². The second-order valence-corrected chi connectivity index (χ2v) is 4.26. The maximum atomic E-state index is 5.60. The Kier molecular flexibility index (Phi) is 3.24. The predicted octanol–water partition coefficient (Wildman–Crippen LogP) is 1.35. The molecule has 0 bridgehead atoms. The molecule has 1 fully saturated rings. The van der Waals surface area contributed by atoms with Crippen LogP contribution in [0, 0.1) is 6.92 Å². The van der Waals surface area contributed by atoms with E-state index in [1.54, 1.807) is 7.11 Å². The van der Waals surface area contributed by atoms with Crippen LogP contribution in [0.15, 0.2) is 6.07 Å². The van der Waals surface area contributed by atoms with Gasteiger partial charge in [-0.25, -0.2) is 4.98 Å². The SMILES string of the molecule is COC1CCC(Nc2cc(C)nc(N)n2)C1. The number of nitrogens with one attached hydrogen (secondary N) is 1. The molecule has 1 aliphatic carbocycles. The topological polar surface area (TPSA) is 73.1 Å². The highest BCUT2D eigenvalue weighted by Gasteiger charge is 2.24. The Morgan fingerprint density at radius 1 is 1.44 bits per heavy atom. The summed E-state index contributed by atoms with van der Waals surface area (Å²) in [4.78, 5) is 8.21. The first kappa shape index (κ1) is 11.1. The number of aromatic nitrogens is 2. The van der Waals surface area contributed by atoms with Crippen molar-refractivity contribution in [3.05, 3.63) is 11.8 Å². The number of aryl methyl sites for hydroxylation is 1. The lowest BCUT2D eigenvalue weighted by Crippen LogP contribution is -2.18. The average Bonchev–Trinajstić information content (AvgIpc) is 2.64. The second kappa shape index (κ2) is 4.65. The van der Waals surface area contributed by atoms with Crippen molar-refractivity contribution in [2.45, 2.75) is 38.3 Å². The van der Waals surface area contributed by atoms with Gasteiger partial charge in [-0.2, -0.15) is 4.98 Å². The van der Waals surface area contributed by atoms with E-state index in [4.69, 9.17) is 10.5 Å². The quantitative estimate of drug-likeness (QED) is 0.807. The molecule has 0 aliphatic heterocycles. The lowest BCUT2D eigenvalue weighted by molar-refractivity contribution is 0.108. The summed E-state index contributed by atoms with van der Waals surface area (Å²) >= 11 is 0. The van der Waals surface area contributed by atoms with Gasteiger partial charge in [0.1, 0.15) is 5.82 Å². The number of methoxy groups -OCH3 is 1. The van der Waals surface area contributed by atoms with E-state index in [1.165, 1.54) is 0 Å². The fourth-order valence-corrected chi connectivity index (χ4v) is 2.16. The number of nitrogens with zero attached hydrogens (tertiary/aromatic N) is 2. The zero-order chi connectivity index (χ0) is 11.5. The summed E-state index contributed by atoms with van der Waals surface area (Å²) in [7, 11) is 1.76. The van der Waals surface area contributed by atoms with Crippen molar-refractivity contribution in [2.24, 2.45) is 0 Å². The van der Waals surface area contributed by atoms with Gasteiger partial charge in [-0.3, -0.25) is 0 Å². The van der Waals surface area contributed by atoms with Crippen LogP contribution in [0.4, 0.5) is 11.8 Å². The van der Waals surface area contributed by atoms with Crippen molar-refractivity contribution in [1.29, 1.82) is 0 Å². The summed E-state index contributed by atoms with van der Waals surface area (Å²) in [6.07, 6.45) is 3.62.